The van der Waals surface area contributed by atoms with Crippen LogP contribution in [0, 0.1) is 34.5 Å². The lowest BCUT2D eigenvalue weighted by atomic mass is 9.51. The van der Waals surface area contributed by atoms with E-state index in [1.165, 1.54) is 16.7 Å². The van der Waals surface area contributed by atoms with Gasteiger partial charge < -0.3 is 74.0 Å². The lowest BCUT2D eigenvalue weighted by Crippen LogP contribution is -2.63. The molecular formula is C40H60O15. The highest BCUT2D eigenvalue weighted by Gasteiger charge is 2.75. The molecule has 4 aliphatic carbocycles. The Morgan fingerprint density at radius 2 is 1.64 bits per heavy atom. The van der Waals surface area contributed by atoms with Gasteiger partial charge in [-0.25, -0.2) is 0 Å². The van der Waals surface area contributed by atoms with Crippen LogP contribution in [0.4, 0.5) is 0 Å². The first kappa shape index (κ1) is 39.3. The second-order valence-electron chi connectivity index (χ2n) is 18.7. The molecule has 6 fully saturated rings. The van der Waals surface area contributed by atoms with Crippen molar-refractivity contribution in [2.75, 3.05) is 19.8 Å². The van der Waals surface area contributed by atoms with Gasteiger partial charge in [0.05, 0.1) is 32.0 Å². The van der Waals surface area contributed by atoms with Gasteiger partial charge >= 0.3 is 0 Å². The van der Waals surface area contributed by atoms with E-state index in [0.717, 1.165) is 44.9 Å². The van der Waals surface area contributed by atoms with Crippen molar-refractivity contribution in [2.45, 2.75) is 170 Å². The van der Waals surface area contributed by atoms with Gasteiger partial charge in [0, 0.05) is 11.8 Å². The van der Waals surface area contributed by atoms with Crippen LogP contribution in [0.2, 0.25) is 0 Å². The number of hydrogen-bond donors (Lipinski definition) is 8. The first-order chi connectivity index (χ1) is 26.1. The maximum Gasteiger partial charge on any atom is 0.197 e. The molecule has 1 saturated carbocycles. The quantitative estimate of drug-likeness (QED) is 0.179. The number of ether oxygens (including phenoxy) is 7. The molecule has 0 bridgehead atoms. The van der Waals surface area contributed by atoms with Crippen LogP contribution in [-0.2, 0) is 33.2 Å². The van der Waals surface area contributed by atoms with E-state index in [9.17, 15) is 40.9 Å². The van der Waals surface area contributed by atoms with Crippen molar-refractivity contribution in [2.24, 2.45) is 34.5 Å². The molecule has 55 heavy (non-hydrogen) atoms. The zero-order valence-corrected chi connectivity index (χ0v) is 32.1. The Morgan fingerprint density at radius 3 is 2.40 bits per heavy atom. The summed E-state index contributed by atoms with van der Waals surface area (Å²) < 4.78 is 42.1. The Kier molecular flexibility index (Phi) is 9.81. The summed E-state index contributed by atoms with van der Waals surface area (Å²) >= 11 is 0. The Balaban J connectivity index is 0.883. The average molecular weight is 781 g/mol. The molecule has 8 N–H and O–H groups in total. The van der Waals surface area contributed by atoms with Gasteiger partial charge in [0.15, 0.2) is 30.3 Å². The van der Waals surface area contributed by atoms with E-state index in [2.05, 4.69) is 19.9 Å². The third kappa shape index (κ3) is 5.63. The molecule has 5 heterocycles. The van der Waals surface area contributed by atoms with Gasteiger partial charge in [0.25, 0.3) is 0 Å². The average Bonchev–Trinajstić information content (AvgIpc) is 3.80. The predicted molar refractivity (Wildman–Crippen MR) is 188 cm³/mol. The van der Waals surface area contributed by atoms with E-state index in [4.69, 9.17) is 33.2 Å². The Hall–Kier alpha value is -1.12. The van der Waals surface area contributed by atoms with Crippen LogP contribution in [0.5, 0.6) is 0 Å². The third-order valence-corrected chi connectivity index (χ3v) is 16.0. The lowest BCUT2D eigenvalue weighted by molar-refractivity contribution is -0.355. The fraction of sp³-hybridized carbons (Fsp3) is 0.900. The number of hydrogen-bond acceptors (Lipinski definition) is 15. The fourth-order valence-corrected chi connectivity index (χ4v) is 12.6. The standard InChI is InChI=1S/C40H60O15/c1-17-15-50-39(4)40(17,48)33-31(55-39)26(34(47)54-33)23-8-7-21-20-6-5-18-13-19(9-11-37(18,2)22(20)10-12-38(21,23)3)51-36-30(46)32(28(44)25(14-41)52-36)53-35-29(45)27(43)24(42)16-49-35/h7,17-19,23-36,41-48H,5-6,8-16H2,1-4H3. The zero-order valence-electron chi connectivity index (χ0n) is 32.1. The second kappa shape index (κ2) is 13.7. The van der Waals surface area contributed by atoms with Crippen molar-refractivity contribution in [3.63, 3.8) is 0 Å². The lowest BCUT2D eigenvalue weighted by Gasteiger charge is -2.54. The molecule has 15 nitrogen and oxygen atoms in total. The molecule has 5 saturated heterocycles. The van der Waals surface area contributed by atoms with Gasteiger partial charge in [-0.15, -0.1) is 0 Å². The zero-order chi connectivity index (χ0) is 39.0. The van der Waals surface area contributed by atoms with E-state index in [1.807, 2.05) is 6.92 Å². The molecule has 0 radical (unpaired) electrons. The third-order valence-electron chi connectivity index (χ3n) is 16.0. The molecule has 0 aromatic rings. The van der Waals surface area contributed by atoms with Gasteiger partial charge in [-0.2, -0.15) is 0 Å². The monoisotopic (exact) mass is 780 g/mol. The van der Waals surface area contributed by atoms with Crippen LogP contribution in [0.3, 0.4) is 0 Å². The summed E-state index contributed by atoms with van der Waals surface area (Å²) in [7, 11) is 0. The summed E-state index contributed by atoms with van der Waals surface area (Å²) in [6, 6.07) is 0. The van der Waals surface area contributed by atoms with Crippen molar-refractivity contribution >= 4 is 0 Å². The maximum absolute atomic E-state index is 11.9. The molecule has 0 aromatic carbocycles. The molecule has 9 rings (SSSR count). The largest absolute Gasteiger partial charge is 0.394 e. The van der Waals surface area contributed by atoms with Crippen LogP contribution >= 0.6 is 0 Å². The van der Waals surface area contributed by atoms with E-state index < -0.39 is 91.8 Å². The molecule has 0 amide bonds. The number of aliphatic hydroxyl groups is 8. The van der Waals surface area contributed by atoms with Crippen molar-refractivity contribution in [3.05, 3.63) is 22.8 Å². The van der Waals surface area contributed by atoms with E-state index >= 15 is 0 Å². The van der Waals surface area contributed by atoms with Crippen LogP contribution in [-0.4, -0.2) is 152 Å². The summed E-state index contributed by atoms with van der Waals surface area (Å²) in [4.78, 5) is 0. The highest BCUT2D eigenvalue weighted by atomic mass is 16.8. The van der Waals surface area contributed by atoms with Crippen molar-refractivity contribution in [3.8, 4) is 0 Å². The molecule has 21 atom stereocenters. The Bertz CT molecular complexity index is 1560. The van der Waals surface area contributed by atoms with Crippen LogP contribution in [0.1, 0.15) is 79.1 Å². The van der Waals surface area contributed by atoms with Crippen LogP contribution in [0.15, 0.2) is 22.8 Å². The molecular weight excluding hydrogens is 720 g/mol. The summed E-state index contributed by atoms with van der Waals surface area (Å²) in [5.74, 6) is -1.27. The van der Waals surface area contributed by atoms with Gasteiger partial charge in [-0.1, -0.05) is 32.4 Å². The van der Waals surface area contributed by atoms with Crippen molar-refractivity contribution in [1.82, 2.24) is 0 Å². The second-order valence-corrected chi connectivity index (χ2v) is 18.7. The number of rotatable bonds is 6. The minimum absolute atomic E-state index is 0.0481. The van der Waals surface area contributed by atoms with Gasteiger partial charge in [-0.3, -0.25) is 0 Å². The molecule has 0 spiro atoms. The first-order valence-electron chi connectivity index (χ1n) is 20.5. The first-order valence-corrected chi connectivity index (χ1v) is 20.5. The molecule has 15 heteroatoms. The van der Waals surface area contributed by atoms with Crippen LogP contribution in [0.25, 0.3) is 0 Å². The number of allylic oxidation sites excluding steroid dienone is 4. The highest BCUT2D eigenvalue weighted by molar-refractivity contribution is 5.50. The molecule has 5 aliphatic heterocycles. The van der Waals surface area contributed by atoms with Crippen molar-refractivity contribution in [1.29, 1.82) is 0 Å². The highest BCUT2D eigenvalue weighted by Crippen LogP contribution is 2.67. The topological polar surface area (TPSA) is 226 Å². The molecule has 0 aromatic heterocycles. The predicted octanol–water partition coefficient (Wildman–Crippen LogP) is 0.124. The van der Waals surface area contributed by atoms with Gasteiger partial charge in [0.1, 0.15) is 48.8 Å². The van der Waals surface area contributed by atoms with E-state index in [0.29, 0.717) is 18.9 Å². The maximum atomic E-state index is 11.9. The summed E-state index contributed by atoms with van der Waals surface area (Å²) in [6.07, 6.45) is -5.84. The van der Waals surface area contributed by atoms with E-state index in [1.54, 1.807) is 6.92 Å². The molecule has 21 unspecified atom stereocenters. The SMILES string of the molecule is CC1COC2(C)OC3C(C4CC=C5C6=C(CCC54C)C4(C)CCC(OC5OC(CO)C(O)C(OC7OCC(O)C(O)C7O)C5O)CC4CC6)C(O)OC3C12O. The molecule has 9 aliphatic rings. The van der Waals surface area contributed by atoms with Gasteiger partial charge in [-0.05, 0) is 92.1 Å². The summed E-state index contributed by atoms with van der Waals surface area (Å²) in [6.45, 7) is 7.94. The number of aliphatic hydroxyl groups excluding tert-OH is 7. The Labute approximate surface area is 321 Å². The summed E-state index contributed by atoms with van der Waals surface area (Å²) in [5.41, 5.74) is 2.78. The van der Waals surface area contributed by atoms with Crippen molar-refractivity contribution < 1.29 is 74.0 Å². The van der Waals surface area contributed by atoms with Gasteiger partial charge in [0.2, 0.25) is 0 Å². The fourth-order valence-electron chi connectivity index (χ4n) is 12.6. The van der Waals surface area contributed by atoms with E-state index in [-0.39, 0.29) is 41.3 Å². The normalized spacial score (nSPS) is 57.5. The number of fused-ring (bicyclic) bond motifs is 7. The molecule has 310 valence electrons. The Morgan fingerprint density at radius 1 is 0.855 bits per heavy atom. The summed E-state index contributed by atoms with van der Waals surface area (Å²) in [5, 5.41) is 85.9. The minimum Gasteiger partial charge on any atom is -0.394 e. The van der Waals surface area contributed by atoms with Crippen LogP contribution < -0.4 is 0 Å². The smallest absolute Gasteiger partial charge is 0.197 e. The minimum atomic E-state index is -1.63.